The number of hydrogen-bond acceptors (Lipinski definition) is 6. The van der Waals surface area contributed by atoms with Crippen molar-refractivity contribution in [3.8, 4) is 17.2 Å². The van der Waals surface area contributed by atoms with Crippen LogP contribution in [-0.2, 0) is 16.1 Å². The zero-order valence-electron chi connectivity index (χ0n) is 15.5. The van der Waals surface area contributed by atoms with Gasteiger partial charge in [-0.25, -0.2) is 0 Å². The van der Waals surface area contributed by atoms with E-state index >= 15 is 0 Å². The lowest BCUT2D eigenvalue weighted by Crippen LogP contribution is -2.45. The first kappa shape index (κ1) is 19.8. The van der Waals surface area contributed by atoms with E-state index in [4.69, 9.17) is 19.9 Å². The molecule has 8 nitrogen and oxygen atoms in total. The Balaban J connectivity index is 1.95. The Bertz CT molecular complexity index is 650. The van der Waals surface area contributed by atoms with Crippen molar-refractivity contribution in [2.45, 2.75) is 19.4 Å². The standard InChI is InChI=1S/C18H27N3O5/c1-24-14-8-16(26-3)15(25-2)7-13(14)9-20-17(22)11-21-6-4-5-12(10-21)18(19)23/h7-8,12H,4-6,9-11H2,1-3H3,(H2,19,23)(H,20,22)/t12-/m1/s1. The van der Waals surface area contributed by atoms with Gasteiger partial charge in [0, 0.05) is 24.7 Å². The number of amides is 2. The molecule has 0 bridgehead atoms. The van der Waals surface area contributed by atoms with Crippen LogP contribution in [0.3, 0.4) is 0 Å². The third-order valence-corrected chi connectivity index (χ3v) is 4.54. The number of nitrogens with zero attached hydrogens (tertiary/aromatic N) is 1. The summed E-state index contributed by atoms with van der Waals surface area (Å²) in [5.41, 5.74) is 6.16. The predicted octanol–water partition coefficient (Wildman–Crippen LogP) is 0.526. The van der Waals surface area contributed by atoms with E-state index in [9.17, 15) is 9.59 Å². The molecule has 0 radical (unpaired) electrons. The molecule has 2 amide bonds. The molecule has 144 valence electrons. The minimum atomic E-state index is -0.301. The fraction of sp³-hybridized carbons (Fsp3) is 0.556. The second-order valence-corrected chi connectivity index (χ2v) is 6.27. The average molecular weight is 365 g/mol. The summed E-state index contributed by atoms with van der Waals surface area (Å²) < 4.78 is 15.9. The van der Waals surface area contributed by atoms with Gasteiger partial charge in [0.25, 0.3) is 0 Å². The highest BCUT2D eigenvalue weighted by molar-refractivity contribution is 5.79. The zero-order valence-corrected chi connectivity index (χ0v) is 15.5. The second kappa shape index (κ2) is 9.28. The molecule has 2 rings (SSSR count). The van der Waals surface area contributed by atoms with E-state index in [0.717, 1.165) is 24.9 Å². The Kier molecular flexibility index (Phi) is 7.08. The molecule has 8 heteroatoms. The molecule has 1 aliphatic heterocycles. The number of benzene rings is 1. The number of likely N-dealkylation sites (tertiary alicyclic amines) is 1. The number of nitrogens with two attached hydrogens (primary N) is 1. The van der Waals surface area contributed by atoms with Crippen LogP contribution in [0.5, 0.6) is 17.2 Å². The molecule has 0 aromatic heterocycles. The molecule has 1 atom stereocenters. The Morgan fingerprint density at radius 3 is 2.42 bits per heavy atom. The molecule has 1 aliphatic rings. The molecule has 0 spiro atoms. The van der Waals surface area contributed by atoms with E-state index in [1.165, 1.54) is 0 Å². The van der Waals surface area contributed by atoms with Gasteiger partial charge in [-0.3, -0.25) is 14.5 Å². The van der Waals surface area contributed by atoms with Crippen LogP contribution in [0.2, 0.25) is 0 Å². The van der Waals surface area contributed by atoms with Crippen molar-refractivity contribution in [3.63, 3.8) is 0 Å². The number of hydrogen-bond donors (Lipinski definition) is 2. The second-order valence-electron chi connectivity index (χ2n) is 6.27. The molecule has 0 saturated carbocycles. The highest BCUT2D eigenvalue weighted by Gasteiger charge is 2.25. The summed E-state index contributed by atoms with van der Waals surface area (Å²) >= 11 is 0. The van der Waals surface area contributed by atoms with Gasteiger partial charge in [-0.05, 0) is 25.5 Å². The van der Waals surface area contributed by atoms with E-state index < -0.39 is 0 Å². The van der Waals surface area contributed by atoms with Gasteiger partial charge in [-0.1, -0.05) is 0 Å². The molecule has 3 N–H and O–H groups in total. The van der Waals surface area contributed by atoms with Gasteiger partial charge in [-0.2, -0.15) is 0 Å². The SMILES string of the molecule is COc1cc(OC)c(OC)cc1CNC(=O)CN1CCC[C@@H](C(N)=O)C1. The third kappa shape index (κ3) is 5.01. The van der Waals surface area contributed by atoms with Crippen LogP contribution in [0.25, 0.3) is 0 Å². The van der Waals surface area contributed by atoms with Crippen molar-refractivity contribution in [2.24, 2.45) is 11.7 Å². The van der Waals surface area contributed by atoms with Gasteiger partial charge >= 0.3 is 0 Å². The maximum absolute atomic E-state index is 12.3. The smallest absolute Gasteiger partial charge is 0.234 e. The maximum atomic E-state index is 12.3. The Morgan fingerprint density at radius 1 is 1.15 bits per heavy atom. The van der Waals surface area contributed by atoms with Gasteiger partial charge in [0.2, 0.25) is 11.8 Å². The van der Waals surface area contributed by atoms with Crippen LogP contribution in [0, 0.1) is 5.92 Å². The number of nitrogens with one attached hydrogen (secondary N) is 1. The quantitative estimate of drug-likeness (QED) is 0.696. The first-order valence-electron chi connectivity index (χ1n) is 8.55. The van der Waals surface area contributed by atoms with Gasteiger partial charge in [-0.15, -0.1) is 0 Å². The summed E-state index contributed by atoms with van der Waals surface area (Å²) in [7, 11) is 4.67. The Morgan fingerprint density at radius 2 is 1.81 bits per heavy atom. The Labute approximate surface area is 153 Å². The topological polar surface area (TPSA) is 103 Å². The molecule has 26 heavy (non-hydrogen) atoms. The van der Waals surface area contributed by atoms with Crippen molar-refractivity contribution in [2.75, 3.05) is 41.0 Å². The predicted molar refractivity (Wildman–Crippen MR) is 96.3 cm³/mol. The minimum Gasteiger partial charge on any atom is -0.496 e. The normalized spacial score (nSPS) is 17.4. The van der Waals surface area contributed by atoms with E-state index in [0.29, 0.717) is 30.3 Å². The molecular formula is C18H27N3O5. The van der Waals surface area contributed by atoms with Crippen molar-refractivity contribution in [1.29, 1.82) is 0 Å². The van der Waals surface area contributed by atoms with Crippen LogP contribution in [0.15, 0.2) is 12.1 Å². The molecule has 1 saturated heterocycles. The fourth-order valence-electron chi connectivity index (χ4n) is 3.11. The molecule has 1 aromatic carbocycles. The summed E-state index contributed by atoms with van der Waals surface area (Å²) in [4.78, 5) is 25.6. The van der Waals surface area contributed by atoms with Gasteiger partial charge in [0.1, 0.15) is 5.75 Å². The maximum Gasteiger partial charge on any atom is 0.234 e. The number of rotatable bonds is 8. The molecule has 1 aromatic rings. The number of piperidine rings is 1. The van der Waals surface area contributed by atoms with E-state index in [2.05, 4.69) is 5.32 Å². The van der Waals surface area contributed by atoms with E-state index in [1.54, 1.807) is 33.5 Å². The lowest BCUT2D eigenvalue weighted by molar-refractivity contribution is -0.126. The summed E-state index contributed by atoms with van der Waals surface area (Å²) in [5.74, 6) is 1.14. The number of carbonyl (C=O) groups excluding carboxylic acids is 2. The third-order valence-electron chi connectivity index (χ3n) is 4.54. The van der Waals surface area contributed by atoms with E-state index in [-0.39, 0.29) is 24.3 Å². The number of carbonyl (C=O) groups is 2. The molecule has 1 heterocycles. The minimum absolute atomic E-state index is 0.119. The summed E-state index contributed by atoms with van der Waals surface area (Å²) in [6, 6.07) is 3.50. The van der Waals surface area contributed by atoms with Crippen LogP contribution in [0.1, 0.15) is 18.4 Å². The van der Waals surface area contributed by atoms with E-state index in [1.807, 2.05) is 4.90 Å². The summed E-state index contributed by atoms with van der Waals surface area (Å²) in [5, 5.41) is 2.88. The van der Waals surface area contributed by atoms with Crippen molar-refractivity contribution < 1.29 is 23.8 Å². The first-order chi connectivity index (χ1) is 12.5. The van der Waals surface area contributed by atoms with Crippen LogP contribution >= 0.6 is 0 Å². The fourth-order valence-corrected chi connectivity index (χ4v) is 3.11. The average Bonchev–Trinajstić information content (AvgIpc) is 2.65. The van der Waals surface area contributed by atoms with Gasteiger partial charge < -0.3 is 25.3 Å². The molecule has 1 fully saturated rings. The Hall–Kier alpha value is -2.48. The van der Waals surface area contributed by atoms with Gasteiger partial charge in [0.15, 0.2) is 11.5 Å². The molecular weight excluding hydrogens is 338 g/mol. The first-order valence-corrected chi connectivity index (χ1v) is 8.55. The lowest BCUT2D eigenvalue weighted by atomic mass is 9.97. The summed E-state index contributed by atoms with van der Waals surface area (Å²) in [6.45, 7) is 1.86. The highest BCUT2D eigenvalue weighted by atomic mass is 16.5. The van der Waals surface area contributed by atoms with Crippen LogP contribution in [0.4, 0.5) is 0 Å². The number of ether oxygens (including phenoxy) is 3. The van der Waals surface area contributed by atoms with Crippen LogP contribution in [-0.4, -0.2) is 57.7 Å². The largest absolute Gasteiger partial charge is 0.496 e. The highest BCUT2D eigenvalue weighted by Crippen LogP contribution is 2.34. The number of methoxy groups -OCH3 is 3. The van der Waals surface area contributed by atoms with Crippen molar-refractivity contribution in [3.05, 3.63) is 17.7 Å². The summed E-state index contributed by atoms with van der Waals surface area (Å²) in [6.07, 6.45) is 1.65. The monoisotopic (exact) mass is 365 g/mol. The zero-order chi connectivity index (χ0) is 19.1. The van der Waals surface area contributed by atoms with Gasteiger partial charge in [0.05, 0.1) is 33.8 Å². The van der Waals surface area contributed by atoms with Crippen molar-refractivity contribution >= 4 is 11.8 Å². The van der Waals surface area contributed by atoms with Crippen LogP contribution < -0.4 is 25.3 Å². The van der Waals surface area contributed by atoms with Crippen molar-refractivity contribution in [1.82, 2.24) is 10.2 Å². The lowest BCUT2D eigenvalue weighted by Gasteiger charge is -2.30. The molecule has 0 aliphatic carbocycles. The number of primary amides is 1. The molecule has 0 unspecified atom stereocenters.